The number of ether oxygens (including phenoxy) is 2. The summed E-state index contributed by atoms with van der Waals surface area (Å²) in [5, 5.41) is 14.5. The number of fused-ring (bicyclic) bond motifs is 1. The van der Waals surface area contributed by atoms with Gasteiger partial charge in [0.05, 0.1) is 12.4 Å². The number of unbranched alkanes of at least 4 members (excludes halogenated alkanes) is 2. The molecule has 0 aliphatic carbocycles. The molecule has 0 bridgehead atoms. The van der Waals surface area contributed by atoms with Crippen LogP contribution in [0.25, 0.3) is 22.5 Å². The Hall–Kier alpha value is -3.76. The topological polar surface area (TPSA) is 95.0 Å². The van der Waals surface area contributed by atoms with Crippen molar-refractivity contribution in [3.63, 3.8) is 0 Å². The number of aliphatic imine (C=N–C) groups is 1. The molecule has 212 valence electrons. The molecule has 0 spiro atoms. The molecule has 0 saturated heterocycles. The summed E-state index contributed by atoms with van der Waals surface area (Å²) in [6, 6.07) is 16.9. The first kappa shape index (κ1) is 27.8. The van der Waals surface area contributed by atoms with Crippen LogP contribution in [0.3, 0.4) is 0 Å². The molecule has 0 fully saturated rings. The molecule has 3 atom stereocenters. The lowest BCUT2D eigenvalue weighted by atomic mass is 9.98. The predicted molar refractivity (Wildman–Crippen MR) is 156 cm³/mol. The highest BCUT2D eigenvalue weighted by atomic mass is 16.5. The van der Waals surface area contributed by atoms with E-state index in [1.165, 1.54) is 18.4 Å². The smallest absolute Gasteiger partial charge is 0.180 e. The Kier molecular flexibility index (Phi) is 8.76. The lowest BCUT2D eigenvalue weighted by Crippen LogP contribution is -2.52. The lowest BCUT2D eigenvalue weighted by Gasteiger charge is -2.42. The predicted octanol–water partition coefficient (Wildman–Crippen LogP) is 5.06. The van der Waals surface area contributed by atoms with E-state index in [-0.39, 0.29) is 18.6 Å². The summed E-state index contributed by atoms with van der Waals surface area (Å²) in [7, 11) is 3.49. The van der Waals surface area contributed by atoms with Gasteiger partial charge >= 0.3 is 0 Å². The van der Waals surface area contributed by atoms with Crippen LogP contribution in [-0.4, -0.2) is 80.7 Å². The Morgan fingerprint density at radius 2 is 1.73 bits per heavy atom. The van der Waals surface area contributed by atoms with Crippen molar-refractivity contribution in [3.05, 3.63) is 66.0 Å². The summed E-state index contributed by atoms with van der Waals surface area (Å²) < 4.78 is 11.4. The number of aromatic nitrogens is 4. The SMILES string of the molecule is CCCCCC1N=C2C(=CN(C(C)OC)CN2C(C)OC)N1Cc1ccc(-c2ccccc2-c2nnn[nH]2)cc1. The second kappa shape index (κ2) is 12.6. The highest BCUT2D eigenvalue weighted by Crippen LogP contribution is 2.34. The van der Waals surface area contributed by atoms with Gasteiger partial charge < -0.3 is 24.2 Å². The largest absolute Gasteiger partial charge is 0.362 e. The molecule has 0 radical (unpaired) electrons. The van der Waals surface area contributed by atoms with Gasteiger partial charge in [-0.3, -0.25) is 0 Å². The normalized spacial score (nSPS) is 18.4. The van der Waals surface area contributed by atoms with Crippen molar-refractivity contribution in [2.45, 2.75) is 71.6 Å². The minimum absolute atomic E-state index is 0.0690. The minimum Gasteiger partial charge on any atom is -0.362 e. The lowest BCUT2D eigenvalue weighted by molar-refractivity contribution is -0.0510. The third kappa shape index (κ3) is 5.73. The van der Waals surface area contributed by atoms with Gasteiger partial charge in [0.2, 0.25) is 0 Å². The number of hydrogen-bond acceptors (Lipinski definition) is 9. The molecule has 3 heterocycles. The van der Waals surface area contributed by atoms with Crippen molar-refractivity contribution in [2.75, 3.05) is 20.9 Å². The molecule has 2 aromatic carbocycles. The van der Waals surface area contributed by atoms with Crippen molar-refractivity contribution < 1.29 is 9.47 Å². The van der Waals surface area contributed by atoms with E-state index in [2.05, 4.69) is 92.6 Å². The number of hydrogen-bond donors (Lipinski definition) is 1. The first-order valence-corrected chi connectivity index (χ1v) is 14.1. The second-order valence-electron chi connectivity index (χ2n) is 10.4. The molecule has 3 aromatic rings. The number of nitrogens with zero attached hydrogens (tertiary/aromatic N) is 7. The van der Waals surface area contributed by atoms with E-state index in [0.29, 0.717) is 12.5 Å². The van der Waals surface area contributed by atoms with Gasteiger partial charge in [0.15, 0.2) is 11.7 Å². The summed E-state index contributed by atoms with van der Waals surface area (Å²) in [5.41, 5.74) is 5.52. The number of aromatic amines is 1. The molecule has 10 heteroatoms. The average molecular weight is 545 g/mol. The quantitative estimate of drug-likeness (QED) is 0.317. The molecular weight excluding hydrogens is 504 g/mol. The van der Waals surface area contributed by atoms with Gasteiger partial charge in [-0.15, -0.1) is 5.10 Å². The standard InChI is InChI=1S/C30H40N8O2/c1-6-7-8-13-28-31-30-27(19-36(21(2)39-4)20-38(30)22(3)40-5)37(28)18-23-14-16-24(17-15-23)25-11-9-10-12-26(25)29-32-34-35-33-29/h9-12,14-17,19,21-22,28H,6-8,13,18,20H2,1-5H3,(H,32,33,34,35). The zero-order chi connectivity index (χ0) is 28.1. The van der Waals surface area contributed by atoms with Gasteiger partial charge in [-0.2, -0.15) is 0 Å². The number of benzene rings is 2. The summed E-state index contributed by atoms with van der Waals surface area (Å²) in [6.45, 7) is 7.80. The monoisotopic (exact) mass is 544 g/mol. The zero-order valence-corrected chi connectivity index (χ0v) is 24.1. The fraction of sp³-hybridized carbons (Fsp3) is 0.467. The van der Waals surface area contributed by atoms with Gasteiger partial charge in [-0.1, -0.05) is 68.3 Å². The Morgan fingerprint density at radius 1 is 0.975 bits per heavy atom. The van der Waals surface area contributed by atoms with E-state index in [1.54, 1.807) is 14.2 Å². The summed E-state index contributed by atoms with van der Waals surface area (Å²) in [5.74, 6) is 1.66. The van der Waals surface area contributed by atoms with Crippen LogP contribution >= 0.6 is 0 Å². The van der Waals surface area contributed by atoms with Crippen molar-refractivity contribution >= 4 is 5.84 Å². The Morgan fingerprint density at radius 3 is 2.40 bits per heavy atom. The van der Waals surface area contributed by atoms with E-state index in [0.717, 1.165) is 47.6 Å². The fourth-order valence-corrected chi connectivity index (χ4v) is 5.32. The maximum absolute atomic E-state index is 5.76. The van der Waals surface area contributed by atoms with Gasteiger partial charge in [-0.05, 0) is 53.8 Å². The second-order valence-corrected chi connectivity index (χ2v) is 10.4. The van der Waals surface area contributed by atoms with Crippen LogP contribution in [-0.2, 0) is 16.0 Å². The first-order valence-electron chi connectivity index (χ1n) is 14.1. The van der Waals surface area contributed by atoms with E-state index >= 15 is 0 Å². The molecule has 3 unspecified atom stereocenters. The number of tetrazole rings is 1. The molecule has 40 heavy (non-hydrogen) atoms. The van der Waals surface area contributed by atoms with Crippen LogP contribution in [0, 0.1) is 0 Å². The highest BCUT2D eigenvalue weighted by molar-refractivity contribution is 6.00. The molecule has 1 aromatic heterocycles. The van der Waals surface area contributed by atoms with E-state index in [9.17, 15) is 0 Å². The zero-order valence-electron chi connectivity index (χ0n) is 24.1. The van der Waals surface area contributed by atoms with Crippen LogP contribution in [0.2, 0.25) is 0 Å². The van der Waals surface area contributed by atoms with Crippen LogP contribution < -0.4 is 0 Å². The van der Waals surface area contributed by atoms with Gasteiger partial charge in [0.25, 0.3) is 0 Å². The van der Waals surface area contributed by atoms with Crippen molar-refractivity contribution in [3.8, 4) is 22.5 Å². The Labute approximate surface area is 236 Å². The van der Waals surface area contributed by atoms with E-state index < -0.39 is 0 Å². The number of methoxy groups -OCH3 is 2. The van der Waals surface area contributed by atoms with E-state index in [1.807, 2.05) is 18.2 Å². The van der Waals surface area contributed by atoms with Crippen molar-refractivity contribution in [1.82, 2.24) is 35.3 Å². The molecule has 2 aliphatic rings. The molecule has 0 amide bonds. The Bertz CT molecular complexity index is 1310. The highest BCUT2D eigenvalue weighted by Gasteiger charge is 2.39. The van der Waals surface area contributed by atoms with Crippen molar-refractivity contribution in [2.24, 2.45) is 4.99 Å². The number of rotatable bonds is 12. The summed E-state index contributed by atoms with van der Waals surface area (Å²) in [6.07, 6.45) is 6.66. The molecule has 0 saturated carbocycles. The van der Waals surface area contributed by atoms with Gasteiger partial charge in [0, 0.05) is 32.5 Å². The average Bonchev–Trinajstić information content (AvgIpc) is 3.65. The summed E-state index contributed by atoms with van der Waals surface area (Å²) >= 11 is 0. The molecule has 2 aliphatic heterocycles. The fourth-order valence-electron chi connectivity index (χ4n) is 5.32. The van der Waals surface area contributed by atoms with Crippen molar-refractivity contribution in [1.29, 1.82) is 0 Å². The van der Waals surface area contributed by atoms with Gasteiger partial charge in [0.1, 0.15) is 18.6 Å². The molecule has 5 rings (SSSR count). The first-order chi connectivity index (χ1) is 19.5. The molecule has 1 N–H and O–H groups in total. The number of H-pyrrole nitrogens is 1. The van der Waals surface area contributed by atoms with Gasteiger partial charge in [-0.25, -0.2) is 10.1 Å². The molecule has 10 nitrogen and oxygen atoms in total. The maximum Gasteiger partial charge on any atom is 0.180 e. The third-order valence-corrected chi connectivity index (χ3v) is 7.84. The third-order valence-electron chi connectivity index (χ3n) is 7.84. The Balaban J connectivity index is 1.44. The number of nitrogens with one attached hydrogen (secondary N) is 1. The summed E-state index contributed by atoms with van der Waals surface area (Å²) in [4.78, 5) is 12.2. The van der Waals surface area contributed by atoms with Crippen LogP contribution in [0.1, 0.15) is 52.0 Å². The number of amidine groups is 1. The van der Waals surface area contributed by atoms with Crippen LogP contribution in [0.15, 0.2) is 65.4 Å². The van der Waals surface area contributed by atoms with Crippen LogP contribution in [0.5, 0.6) is 0 Å². The van der Waals surface area contributed by atoms with E-state index in [4.69, 9.17) is 14.5 Å². The van der Waals surface area contributed by atoms with Crippen LogP contribution in [0.4, 0.5) is 0 Å². The maximum atomic E-state index is 5.76. The molecular formula is C30H40N8O2. The minimum atomic E-state index is -0.107.